The highest BCUT2D eigenvalue weighted by molar-refractivity contribution is 5.97. The molecule has 2 aliphatic heterocycles. The zero-order valence-electron chi connectivity index (χ0n) is 15.6. The van der Waals surface area contributed by atoms with Crippen LogP contribution in [0.4, 0.5) is 0 Å². The van der Waals surface area contributed by atoms with Crippen LogP contribution < -0.4 is 5.32 Å². The number of imidazole rings is 1. The monoisotopic (exact) mass is 358 g/mol. The first-order valence-corrected chi connectivity index (χ1v) is 10.4. The van der Waals surface area contributed by atoms with Crippen LogP contribution in [0.1, 0.15) is 91.0 Å². The highest BCUT2D eigenvalue weighted by atomic mass is 16.2. The molecule has 3 heterocycles. The van der Waals surface area contributed by atoms with E-state index in [9.17, 15) is 9.59 Å². The van der Waals surface area contributed by atoms with Crippen molar-refractivity contribution in [2.45, 2.75) is 83.2 Å². The molecular weight excluding hydrogens is 328 g/mol. The van der Waals surface area contributed by atoms with Crippen LogP contribution in [-0.4, -0.2) is 45.4 Å². The summed E-state index contributed by atoms with van der Waals surface area (Å²) in [4.78, 5) is 32.5. The number of aromatic nitrogens is 2. The number of hydrogen-bond donors (Lipinski definition) is 1. The molecule has 4 rings (SSSR count). The number of fused-ring (bicyclic) bond motifs is 1. The van der Waals surface area contributed by atoms with E-state index in [1.165, 1.54) is 25.7 Å². The van der Waals surface area contributed by atoms with Crippen LogP contribution in [0.5, 0.6) is 0 Å². The molecule has 1 aromatic heterocycles. The second-order valence-corrected chi connectivity index (χ2v) is 8.00. The van der Waals surface area contributed by atoms with Gasteiger partial charge in [-0.05, 0) is 44.9 Å². The lowest BCUT2D eigenvalue weighted by Crippen LogP contribution is -2.35. The van der Waals surface area contributed by atoms with Crippen LogP contribution in [0, 0.1) is 0 Å². The second kappa shape index (κ2) is 7.80. The largest absolute Gasteiger partial charge is 0.347 e. The van der Waals surface area contributed by atoms with Crippen LogP contribution in [0.15, 0.2) is 0 Å². The first-order valence-electron chi connectivity index (χ1n) is 10.4. The first kappa shape index (κ1) is 17.6. The van der Waals surface area contributed by atoms with Gasteiger partial charge in [-0.1, -0.05) is 25.7 Å². The lowest BCUT2D eigenvalue weighted by Gasteiger charge is -2.21. The molecule has 1 saturated carbocycles. The van der Waals surface area contributed by atoms with Crippen LogP contribution in [0.3, 0.4) is 0 Å². The zero-order valence-corrected chi connectivity index (χ0v) is 15.6. The summed E-state index contributed by atoms with van der Waals surface area (Å²) in [6, 6.07) is 0.267. The molecule has 1 saturated heterocycles. The fraction of sp³-hybridized carbons (Fsp3) is 0.750. The zero-order chi connectivity index (χ0) is 17.9. The number of nitrogens with one attached hydrogen (secondary N) is 1. The van der Waals surface area contributed by atoms with Gasteiger partial charge in [0.25, 0.3) is 11.8 Å². The van der Waals surface area contributed by atoms with Gasteiger partial charge in [0.15, 0.2) is 5.82 Å². The number of rotatable bonds is 3. The predicted molar refractivity (Wildman–Crippen MR) is 99.3 cm³/mol. The molecule has 0 bridgehead atoms. The lowest BCUT2D eigenvalue weighted by molar-refractivity contribution is 0.0754. The minimum absolute atomic E-state index is 0.0254. The van der Waals surface area contributed by atoms with Gasteiger partial charge in [-0.15, -0.1) is 0 Å². The minimum atomic E-state index is -0.102. The maximum absolute atomic E-state index is 13.1. The van der Waals surface area contributed by atoms with Gasteiger partial charge >= 0.3 is 0 Å². The normalized spacial score (nSPS) is 21.3. The Morgan fingerprint density at radius 2 is 1.58 bits per heavy atom. The Morgan fingerprint density at radius 1 is 0.885 bits per heavy atom. The summed E-state index contributed by atoms with van der Waals surface area (Å²) in [6.07, 6.45) is 12.0. The molecule has 0 aromatic carbocycles. The summed E-state index contributed by atoms with van der Waals surface area (Å²) in [7, 11) is 0. The quantitative estimate of drug-likeness (QED) is 0.903. The van der Waals surface area contributed by atoms with Gasteiger partial charge in [0.05, 0.1) is 5.69 Å². The predicted octanol–water partition coefficient (Wildman–Crippen LogP) is 2.91. The molecule has 1 aliphatic carbocycles. The fourth-order valence-corrected chi connectivity index (χ4v) is 4.63. The Labute approximate surface area is 155 Å². The van der Waals surface area contributed by atoms with Gasteiger partial charge in [0.2, 0.25) is 0 Å². The smallest absolute Gasteiger partial charge is 0.287 e. The van der Waals surface area contributed by atoms with E-state index in [2.05, 4.69) is 10.3 Å². The molecule has 6 heteroatoms. The summed E-state index contributed by atoms with van der Waals surface area (Å²) < 4.78 is 2.01. The molecule has 142 valence electrons. The molecule has 2 amide bonds. The molecule has 1 aromatic rings. The van der Waals surface area contributed by atoms with Gasteiger partial charge in [0, 0.05) is 25.7 Å². The molecular formula is C20H30N4O2. The Bertz CT molecular complexity index is 668. The number of carbonyl (C=O) groups is 2. The molecule has 6 nitrogen and oxygen atoms in total. The van der Waals surface area contributed by atoms with Crippen LogP contribution in [0.2, 0.25) is 0 Å². The number of amides is 2. The Kier molecular flexibility index (Phi) is 5.27. The second-order valence-electron chi connectivity index (χ2n) is 8.00. The standard InChI is InChI=1S/C20H30N4O2/c25-19(21-15-9-3-4-10-15)18-22-17(16-11-5-8-14-24(16)18)20(26)23-12-6-1-2-7-13-23/h15H,1-14H2,(H,21,25). The molecule has 0 spiro atoms. The van der Waals surface area contributed by atoms with Crippen molar-refractivity contribution in [2.24, 2.45) is 0 Å². The van der Waals surface area contributed by atoms with Gasteiger partial charge in [-0.2, -0.15) is 0 Å². The van der Waals surface area contributed by atoms with Gasteiger partial charge in [-0.25, -0.2) is 4.98 Å². The lowest BCUT2D eigenvalue weighted by atomic mass is 10.1. The van der Waals surface area contributed by atoms with Crippen LogP contribution >= 0.6 is 0 Å². The van der Waals surface area contributed by atoms with Crippen molar-refractivity contribution >= 4 is 11.8 Å². The third-order valence-electron chi connectivity index (χ3n) is 6.11. The first-order chi connectivity index (χ1) is 12.7. The molecule has 1 N–H and O–H groups in total. The Balaban J connectivity index is 1.59. The fourth-order valence-electron chi connectivity index (χ4n) is 4.63. The molecule has 0 radical (unpaired) electrons. The Morgan fingerprint density at radius 3 is 2.31 bits per heavy atom. The van der Waals surface area contributed by atoms with Gasteiger partial charge < -0.3 is 14.8 Å². The molecule has 26 heavy (non-hydrogen) atoms. The van der Waals surface area contributed by atoms with Crippen LogP contribution in [-0.2, 0) is 13.0 Å². The number of carbonyl (C=O) groups excluding carboxylic acids is 2. The average Bonchev–Trinajstić information content (AvgIpc) is 3.21. The minimum Gasteiger partial charge on any atom is -0.347 e. The van der Waals surface area contributed by atoms with Gasteiger partial charge in [-0.3, -0.25) is 9.59 Å². The van der Waals surface area contributed by atoms with Crippen molar-refractivity contribution in [3.63, 3.8) is 0 Å². The molecule has 3 aliphatic rings. The van der Waals surface area contributed by atoms with E-state index in [0.717, 1.165) is 70.3 Å². The van der Waals surface area contributed by atoms with E-state index in [1.54, 1.807) is 0 Å². The Hall–Kier alpha value is -1.85. The summed E-state index contributed by atoms with van der Waals surface area (Å²) in [6.45, 7) is 2.42. The van der Waals surface area contributed by atoms with E-state index in [0.29, 0.717) is 11.5 Å². The molecule has 0 unspecified atom stereocenters. The van der Waals surface area contributed by atoms with Gasteiger partial charge in [0.1, 0.15) is 5.69 Å². The number of hydrogen-bond acceptors (Lipinski definition) is 3. The van der Waals surface area contributed by atoms with Crippen molar-refractivity contribution in [1.82, 2.24) is 19.8 Å². The third-order valence-corrected chi connectivity index (χ3v) is 6.11. The SMILES string of the molecule is O=C(NC1CCCC1)c1nc(C(=O)N2CCCCCC2)c2n1CCCC2. The van der Waals surface area contributed by atoms with E-state index >= 15 is 0 Å². The summed E-state index contributed by atoms with van der Waals surface area (Å²) in [5, 5.41) is 3.14. The molecule has 0 atom stereocenters. The van der Waals surface area contributed by atoms with E-state index in [1.807, 2.05) is 9.47 Å². The van der Waals surface area contributed by atoms with E-state index < -0.39 is 0 Å². The maximum atomic E-state index is 13.1. The van der Waals surface area contributed by atoms with E-state index in [-0.39, 0.29) is 17.9 Å². The molecule has 2 fully saturated rings. The van der Waals surface area contributed by atoms with Crippen molar-refractivity contribution < 1.29 is 9.59 Å². The van der Waals surface area contributed by atoms with Crippen LogP contribution in [0.25, 0.3) is 0 Å². The topological polar surface area (TPSA) is 67.2 Å². The summed E-state index contributed by atoms with van der Waals surface area (Å²) in [5.74, 6) is 0.372. The number of nitrogens with zero attached hydrogens (tertiary/aromatic N) is 3. The van der Waals surface area contributed by atoms with Crippen molar-refractivity contribution in [2.75, 3.05) is 13.1 Å². The van der Waals surface area contributed by atoms with E-state index in [4.69, 9.17) is 0 Å². The highest BCUT2D eigenvalue weighted by Crippen LogP contribution is 2.24. The summed E-state index contributed by atoms with van der Waals surface area (Å²) >= 11 is 0. The van der Waals surface area contributed by atoms with Crippen molar-refractivity contribution in [3.8, 4) is 0 Å². The number of likely N-dealkylation sites (tertiary alicyclic amines) is 1. The summed E-state index contributed by atoms with van der Waals surface area (Å²) in [5.41, 5.74) is 1.50. The van der Waals surface area contributed by atoms with Crippen molar-refractivity contribution in [1.29, 1.82) is 0 Å². The average molecular weight is 358 g/mol. The van der Waals surface area contributed by atoms with Crippen molar-refractivity contribution in [3.05, 3.63) is 17.2 Å². The maximum Gasteiger partial charge on any atom is 0.287 e. The highest BCUT2D eigenvalue weighted by Gasteiger charge is 2.31. The third kappa shape index (κ3) is 3.51.